The van der Waals surface area contributed by atoms with Gasteiger partial charge in [-0.2, -0.15) is 5.26 Å². The number of methoxy groups -OCH3 is 1. The van der Waals surface area contributed by atoms with Gasteiger partial charge >= 0.3 is 0 Å². The summed E-state index contributed by atoms with van der Waals surface area (Å²) in [6, 6.07) is 13.2. The molecule has 0 atom stereocenters. The lowest BCUT2D eigenvalue weighted by Gasteiger charge is -2.41. The molecule has 5 heteroatoms. The van der Waals surface area contributed by atoms with Crippen molar-refractivity contribution in [2.24, 2.45) is 0 Å². The lowest BCUT2D eigenvalue weighted by molar-refractivity contribution is -0.112. The van der Waals surface area contributed by atoms with E-state index in [9.17, 15) is 10.1 Å². The first-order chi connectivity index (χ1) is 14.2. The normalized spacial score (nSPS) is 15.0. The largest absolute Gasteiger partial charge is 0.497 e. The van der Waals surface area contributed by atoms with Crippen LogP contribution >= 0.6 is 0 Å². The van der Waals surface area contributed by atoms with Crippen molar-refractivity contribution in [3.8, 4) is 11.8 Å². The van der Waals surface area contributed by atoms with E-state index in [-0.39, 0.29) is 11.1 Å². The summed E-state index contributed by atoms with van der Waals surface area (Å²) in [5, 5.41) is 12.4. The summed E-state index contributed by atoms with van der Waals surface area (Å²) in [5.74, 6) is 0.260. The van der Waals surface area contributed by atoms with Gasteiger partial charge in [0.25, 0.3) is 5.91 Å². The van der Waals surface area contributed by atoms with Crippen LogP contribution in [0.2, 0.25) is 0 Å². The summed E-state index contributed by atoms with van der Waals surface area (Å²) in [6.45, 7) is 8.45. The number of hydrogen-bond acceptors (Lipinski definition) is 4. The Morgan fingerprint density at radius 3 is 2.47 bits per heavy atom. The van der Waals surface area contributed by atoms with Crippen molar-refractivity contribution < 1.29 is 9.53 Å². The van der Waals surface area contributed by atoms with Gasteiger partial charge in [-0.25, -0.2) is 0 Å². The molecule has 0 radical (unpaired) electrons. The summed E-state index contributed by atoms with van der Waals surface area (Å²) < 4.78 is 5.13. The molecule has 0 saturated carbocycles. The minimum Gasteiger partial charge on any atom is -0.497 e. The van der Waals surface area contributed by atoms with Crippen molar-refractivity contribution in [3.63, 3.8) is 0 Å². The smallest absolute Gasteiger partial charge is 0.266 e. The molecule has 2 aromatic rings. The maximum absolute atomic E-state index is 12.7. The number of rotatable bonds is 4. The van der Waals surface area contributed by atoms with Crippen LogP contribution in [0.4, 0.5) is 11.4 Å². The van der Waals surface area contributed by atoms with Crippen LogP contribution < -0.4 is 15.0 Å². The molecule has 0 aliphatic carbocycles. The molecule has 2 aromatic carbocycles. The van der Waals surface area contributed by atoms with E-state index >= 15 is 0 Å². The third kappa shape index (κ3) is 4.08. The number of ether oxygens (including phenoxy) is 1. The lowest BCUT2D eigenvalue weighted by Crippen LogP contribution is -2.42. The Bertz CT molecular complexity index is 1090. The Hall–Kier alpha value is -3.52. The SMILES string of the molecule is COc1ccc(NC(=O)/C(C#N)=C/c2cc3c(cc2C)N(C)C(C)(C)C=C3C)cc1. The molecule has 1 aliphatic heterocycles. The van der Waals surface area contributed by atoms with Crippen LogP contribution in [0, 0.1) is 18.3 Å². The molecule has 0 aromatic heterocycles. The van der Waals surface area contributed by atoms with Crippen molar-refractivity contribution in [3.05, 3.63) is 64.7 Å². The summed E-state index contributed by atoms with van der Waals surface area (Å²) >= 11 is 0. The average molecular weight is 402 g/mol. The molecule has 1 N–H and O–H groups in total. The summed E-state index contributed by atoms with van der Waals surface area (Å²) in [7, 11) is 3.67. The minimum atomic E-state index is -0.440. The van der Waals surface area contributed by atoms with Crippen LogP contribution in [-0.2, 0) is 4.79 Å². The molecule has 0 saturated heterocycles. The number of nitrogens with one attached hydrogen (secondary N) is 1. The highest BCUT2D eigenvalue weighted by atomic mass is 16.5. The number of allylic oxidation sites excluding steroid dienone is 1. The van der Waals surface area contributed by atoms with Gasteiger partial charge < -0.3 is 15.0 Å². The van der Waals surface area contributed by atoms with Gasteiger partial charge in [-0.1, -0.05) is 6.08 Å². The van der Waals surface area contributed by atoms with E-state index < -0.39 is 5.91 Å². The molecule has 1 heterocycles. The topological polar surface area (TPSA) is 65.4 Å². The number of fused-ring (bicyclic) bond motifs is 1. The van der Waals surface area contributed by atoms with Crippen LogP contribution in [0.15, 0.2) is 48.0 Å². The fraction of sp³-hybridized carbons (Fsp3) is 0.280. The first-order valence-electron chi connectivity index (χ1n) is 9.82. The highest BCUT2D eigenvalue weighted by Crippen LogP contribution is 2.39. The van der Waals surface area contributed by atoms with Crippen molar-refractivity contribution in [2.75, 3.05) is 24.4 Å². The number of anilines is 2. The number of benzene rings is 2. The summed E-state index contributed by atoms with van der Waals surface area (Å²) in [4.78, 5) is 14.9. The van der Waals surface area contributed by atoms with E-state index in [1.165, 1.54) is 5.57 Å². The number of aryl methyl sites for hydroxylation is 1. The van der Waals surface area contributed by atoms with Gasteiger partial charge in [-0.15, -0.1) is 0 Å². The molecule has 0 unspecified atom stereocenters. The number of amides is 1. The van der Waals surface area contributed by atoms with E-state index in [0.717, 1.165) is 22.4 Å². The Kier molecular flexibility index (Phi) is 5.71. The van der Waals surface area contributed by atoms with Gasteiger partial charge in [-0.3, -0.25) is 4.79 Å². The molecule has 3 rings (SSSR count). The molecule has 0 spiro atoms. The maximum Gasteiger partial charge on any atom is 0.266 e. The first kappa shape index (κ1) is 21.2. The van der Waals surface area contributed by atoms with E-state index in [1.807, 2.05) is 13.0 Å². The molecule has 1 aliphatic rings. The third-order valence-corrected chi connectivity index (χ3v) is 5.62. The standard InChI is InChI=1S/C25H27N3O2/c1-16-11-23-22(17(2)14-25(3,4)28(23)5)13-18(16)12-19(15-26)24(29)27-20-7-9-21(30-6)10-8-20/h7-14H,1-6H3,(H,27,29)/b19-12+. The molecule has 0 bridgehead atoms. The van der Waals surface area contributed by atoms with E-state index in [1.54, 1.807) is 37.5 Å². The quantitative estimate of drug-likeness (QED) is 0.566. The van der Waals surface area contributed by atoms with Gasteiger partial charge in [0.15, 0.2) is 0 Å². The van der Waals surface area contributed by atoms with Gasteiger partial charge in [0, 0.05) is 24.0 Å². The second-order valence-electron chi connectivity index (χ2n) is 8.12. The number of likely N-dealkylation sites (N-methyl/N-ethyl adjacent to an activating group) is 1. The van der Waals surface area contributed by atoms with Crippen molar-refractivity contribution in [1.29, 1.82) is 5.26 Å². The Morgan fingerprint density at radius 2 is 1.87 bits per heavy atom. The molecule has 1 amide bonds. The second-order valence-corrected chi connectivity index (χ2v) is 8.12. The third-order valence-electron chi connectivity index (χ3n) is 5.62. The van der Waals surface area contributed by atoms with Gasteiger partial charge in [0.1, 0.15) is 17.4 Å². The van der Waals surface area contributed by atoms with Crippen molar-refractivity contribution in [1.82, 2.24) is 0 Å². The number of nitriles is 1. The first-order valence-corrected chi connectivity index (χ1v) is 9.82. The second kappa shape index (κ2) is 8.08. The minimum absolute atomic E-state index is 0.0556. The van der Waals surface area contributed by atoms with E-state index in [4.69, 9.17) is 4.74 Å². The molecular formula is C25H27N3O2. The number of hydrogen-bond donors (Lipinski definition) is 1. The Balaban J connectivity index is 1.93. The Morgan fingerprint density at radius 1 is 1.20 bits per heavy atom. The molecule has 5 nitrogen and oxygen atoms in total. The van der Waals surface area contributed by atoms with Crippen LogP contribution in [0.5, 0.6) is 5.75 Å². The van der Waals surface area contributed by atoms with Crippen molar-refractivity contribution >= 4 is 28.9 Å². The predicted molar refractivity (Wildman–Crippen MR) is 123 cm³/mol. The summed E-state index contributed by atoms with van der Waals surface area (Å²) in [5.41, 5.74) is 5.90. The van der Waals surface area contributed by atoms with Crippen molar-refractivity contribution in [2.45, 2.75) is 33.2 Å². The zero-order valence-corrected chi connectivity index (χ0v) is 18.3. The molecule has 154 valence electrons. The van der Waals surface area contributed by atoms with Gasteiger partial charge in [-0.05, 0) is 86.9 Å². The Labute approximate surface area is 178 Å². The number of nitrogens with zero attached hydrogens (tertiary/aromatic N) is 2. The fourth-order valence-corrected chi connectivity index (χ4v) is 3.65. The zero-order valence-electron chi connectivity index (χ0n) is 18.3. The number of carbonyl (C=O) groups excluding carboxylic acids is 1. The molecule has 30 heavy (non-hydrogen) atoms. The van der Waals surface area contributed by atoms with E-state index in [0.29, 0.717) is 11.4 Å². The maximum atomic E-state index is 12.7. The van der Waals surface area contributed by atoms with Crippen LogP contribution in [0.25, 0.3) is 11.6 Å². The van der Waals surface area contributed by atoms with Crippen LogP contribution in [0.3, 0.4) is 0 Å². The summed E-state index contributed by atoms with van der Waals surface area (Å²) in [6.07, 6.45) is 3.89. The average Bonchev–Trinajstić information content (AvgIpc) is 2.71. The molecular weight excluding hydrogens is 374 g/mol. The fourth-order valence-electron chi connectivity index (χ4n) is 3.65. The van der Waals surface area contributed by atoms with E-state index in [2.05, 4.69) is 56.2 Å². The lowest BCUT2D eigenvalue weighted by atomic mass is 9.87. The number of carbonyl (C=O) groups is 1. The van der Waals surface area contributed by atoms with Gasteiger partial charge in [0.05, 0.1) is 12.6 Å². The monoisotopic (exact) mass is 401 g/mol. The van der Waals surface area contributed by atoms with Crippen LogP contribution in [-0.4, -0.2) is 25.6 Å². The highest BCUT2D eigenvalue weighted by Gasteiger charge is 2.28. The zero-order chi connectivity index (χ0) is 22.1. The highest BCUT2D eigenvalue weighted by molar-refractivity contribution is 6.09. The molecule has 0 fully saturated rings. The van der Waals surface area contributed by atoms with Crippen LogP contribution in [0.1, 0.15) is 37.5 Å². The van der Waals surface area contributed by atoms with Gasteiger partial charge in [0.2, 0.25) is 0 Å². The predicted octanol–water partition coefficient (Wildman–Crippen LogP) is 5.18.